The van der Waals surface area contributed by atoms with Crippen LogP contribution in [-0.4, -0.2) is 0 Å². The number of benzene rings is 5. The van der Waals surface area contributed by atoms with Gasteiger partial charge in [0.05, 0.1) is 0 Å². The Hall–Kier alpha value is -4.43. The Morgan fingerprint density at radius 2 is 1.03 bits per heavy atom. The fourth-order valence-corrected chi connectivity index (χ4v) is 4.20. The predicted octanol–water partition coefficient (Wildman–Crippen LogP) is 8.75. The van der Waals surface area contributed by atoms with Gasteiger partial charge >= 0.3 is 0 Å². The second-order valence-electron chi connectivity index (χ2n) is 8.43. The molecule has 0 saturated heterocycles. The molecule has 0 saturated carbocycles. The van der Waals surface area contributed by atoms with E-state index in [0.29, 0.717) is 6.54 Å². The number of nitrogens with zero attached hydrogens (tertiary/aromatic N) is 1. The SMILES string of the molecule is Fc1ccc(CN(c2ccccc2)c2ccc(C=C(c3ccccc3)c3ccccc3)cc2)cc1. The average Bonchev–Trinajstić information content (AvgIpc) is 2.93. The Bertz CT molecular complexity index is 1330. The maximum Gasteiger partial charge on any atom is 0.123 e. The lowest BCUT2D eigenvalue weighted by Crippen LogP contribution is -2.16. The Labute approximate surface area is 206 Å². The van der Waals surface area contributed by atoms with Gasteiger partial charge in [-0.3, -0.25) is 0 Å². The first kappa shape index (κ1) is 22.4. The van der Waals surface area contributed by atoms with Crippen molar-refractivity contribution in [3.05, 3.63) is 168 Å². The van der Waals surface area contributed by atoms with E-state index in [1.165, 1.54) is 28.8 Å². The van der Waals surface area contributed by atoms with Crippen LogP contribution in [0.4, 0.5) is 15.8 Å². The van der Waals surface area contributed by atoms with E-state index >= 15 is 0 Å². The molecule has 5 aromatic rings. The van der Waals surface area contributed by atoms with E-state index in [1.807, 2.05) is 42.5 Å². The molecular formula is C33H26FN. The molecule has 0 radical (unpaired) electrons. The van der Waals surface area contributed by atoms with Gasteiger partial charge in [-0.1, -0.05) is 103 Å². The summed E-state index contributed by atoms with van der Waals surface area (Å²) in [5, 5.41) is 0. The van der Waals surface area contributed by atoms with Crippen molar-refractivity contribution in [1.82, 2.24) is 0 Å². The summed E-state index contributed by atoms with van der Waals surface area (Å²) in [7, 11) is 0. The molecule has 170 valence electrons. The molecule has 0 amide bonds. The Morgan fingerprint density at radius 1 is 0.543 bits per heavy atom. The van der Waals surface area contributed by atoms with Crippen molar-refractivity contribution in [3.8, 4) is 0 Å². The first-order valence-electron chi connectivity index (χ1n) is 11.8. The fourth-order valence-electron chi connectivity index (χ4n) is 4.20. The Balaban J connectivity index is 1.49. The first-order valence-corrected chi connectivity index (χ1v) is 11.8. The van der Waals surface area contributed by atoms with Crippen molar-refractivity contribution in [3.63, 3.8) is 0 Å². The third kappa shape index (κ3) is 5.56. The maximum atomic E-state index is 13.4. The lowest BCUT2D eigenvalue weighted by molar-refractivity contribution is 0.627. The molecule has 1 nitrogen and oxygen atoms in total. The molecule has 0 bridgehead atoms. The van der Waals surface area contributed by atoms with Gasteiger partial charge in [-0.25, -0.2) is 4.39 Å². The minimum Gasteiger partial charge on any atom is -0.337 e. The zero-order valence-electron chi connectivity index (χ0n) is 19.4. The van der Waals surface area contributed by atoms with Gasteiger partial charge < -0.3 is 4.90 Å². The normalized spacial score (nSPS) is 10.5. The van der Waals surface area contributed by atoms with Crippen molar-refractivity contribution in [1.29, 1.82) is 0 Å². The predicted molar refractivity (Wildman–Crippen MR) is 145 cm³/mol. The van der Waals surface area contributed by atoms with Crippen LogP contribution in [0.5, 0.6) is 0 Å². The van der Waals surface area contributed by atoms with Crippen molar-refractivity contribution in [2.75, 3.05) is 4.90 Å². The average molecular weight is 456 g/mol. The van der Waals surface area contributed by atoms with Crippen molar-refractivity contribution >= 4 is 23.0 Å². The van der Waals surface area contributed by atoms with Crippen LogP contribution in [0.15, 0.2) is 140 Å². The molecule has 0 N–H and O–H groups in total. The smallest absolute Gasteiger partial charge is 0.123 e. The minimum atomic E-state index is -0.219. The fraction of sp³-hybridized carbons (Fsp3) is 0.0303. The number of rotatable bonds is 7. The molecule has 0 fully saturated rings. The van der Waals surface area contributed by atoms with Crippen LogP contribution in [0.2, 0.25) is 0 Å². The van der Waals surface area contributed by atoms with E-state index in [0.717, 1.165) is 22.5 Å². The van der Waals surface area contributed by atoms with Crippen LogP contribution in [0.3, 0.4) is 0 Å². The molecular weight excluding hydrogens is 429 g/mol. The second kappa shape index (κ2) is 10.7. The summed E-state index contributed by atoms with van der Waals surface area (Å²) >= 11 is 0. The number of para-hydroxylation sites is 1. The number of anilines is 2. The highest BCUT2D eigenvalue weighted by molar-refractivity contribution is 5.91. The lowest BCUT2D eigenvalue weighted by atomic mass is 9.95. The number of hydrogen-bond donors (Lipinski definition) is 0. The van der Waals surface area contributed by atoms with E-state index in [9.17, 15) is 4.39 Å². The van der Waals surface area contributed by atoms with Crippen molar-refractivity contribution in [2.45, 2.75) is 6.54 Å². The summed E-state index contributed by atoms with van der Waals surface area (Å²) in [4.78, 5) is 2.25. The van der Waals surface area contributed by atoms with Crippen LogP contribution in [0.1, 0.15) is 22.3 Å². The topological polar surface area (TPSA) is 3.24 Å². The zero-order valence-corrected chi connectivity index (χ0v) is 19.4. The molecule has 5 aromatic carbocycles. The van der Waals surface area contributed by atoms with Crippen LogP contribution >= 0.6 is 0 Å². The van der Waals surface area contributed by atoms with Crippen LogP contribution in [-0.2, 0) is 6.54 Å². The molecule has 35 heavy (non-hydrogen) atoms. The summed E-state index contributed by atoms with van der Waals surface area (Å²) in [5.74, 6) is -0.219. The standard InChI is InChI=1S/C33H26FN/c34-30-20-16-27(17-21-30)25-35(31-14-8-3-9-15-31)32-22-18-26(19-23-32)24-33(28-10-4-1-5-11-28)29-12-6-2-7-13-29/h1-24H,25H2. The quantitative estimate of drug-likeness (QED) is 0.222. The van der Waals surface area contributed by atoms with Gasteiger partial charge in [0.25, 0.3) is 0 Å². The van der Waals surface area contributed by atoms with Crippen LogP contribution < -0.4 is 4.90 Å². The van der Waals surface area contributed by atoms with Crippen LogP contribution in [0, 0.1) is 5.82 Å². The van der Waals surface area contributed by atoms with Gasteiger partial charge in [-0.05, 0) is 70.3 Å². The van der Waals surface area contributed by atoms with Gasteiger partial charge in [-0.15, -0.1) is 0 Å². The second-order valence-corrected chi connectivity index (χ2v) is 8.43. The molecule has 0 aliphatic heterocycles. The minimum absolute atomic E-state index is 0.219. The highest BCUT2D eigenvalue weighted by atomic mass is 19.1. The highest BCUT2D eigenvalue weighted by Gasteiger charge is 2.11. The number of halogens is 1. The van der Waals surface area contributed by atoms with Gasteiger partial charge in [0.15, 0.2) is 0 Å². The molecule has 0 heterocycles. The number of hydrogen-bond acceptors (Lipinski definition) is 1. The summed E-state index contributed by atoms with van der Waals surface area (Å²) in [6.45, 7) is 0.652. The van der Waals surface area contributed by atoms with E-state index in [4.69, 9.17) is 0 Å². The monoisotopic (exact) mass is 455 g/mol. The molecule has 5 rings (SSSR count). The third-order valence-corrected chi connectivity index (χ3v) is 6.01. The first-order chi connectivity index (χ1) is 17.3. The zero-order chi connectivity index (χ0) is 23.9. The van der Waals surface area contributed by atoms with E-state index in [-0.39, 0.29) is 5.82 Å². The highest BCUT2D eigenvalue weighted by Crippen LogP contribution is 2.30. The lowest BCUT2D eigenvalue weighted by Gasteiger charge is -2.25. The van der Waals surface area contributed by atoms with E-state index in [2.05, 4.69) is 95.9 Å². The summed E-state index contributed by atoms with van der Waals surface area (Å²) in [6, 6.07) is 46.6. The van der Waals surface area contributed by atoms with Gasteiger partial charge in [-0.2, -0.15) is 0 Å². The molecule has 0 spiro atoms. The Kier molecular flexibility index (Phi) is 6.82. The molecule has 0 atom stereocenters. The van der Waals surface area contributed by atoms with E-state index < -0.39 is 0 Å². The van der Waals surface area contributed by atoms with Gasteiger partial charge in [0.1, 0.15) is 5.82 Å². The molecule has 2 heteroatoms. The molecule has 0 aliphatic carbocycles. The summed E-state index contributed by atoms with van der Waals surface area (Å²) in [5.41, 5.74) is 7.91. The van der Waals surface area contributed by atoms with Crippen LogP contribution in [0.25, 0.3) is 11.6 Å². The van der Waals surface area contributed by atoms with Crippen molar-refractivity contribution < 1.29 is 4.39 Å². The summed E-state index contributed by atoms with van der Waals surface area (Å²) < 4.78 is 13.4. The third-order valence-electron chi connectivity index (χ3n) is 6.01. The molecule has 0 aromatic heterocycles. The summed E-state index contributed by atoms with van der Waals surface area (Å²) in [6.07, 6.45) is 2.24. The Morgan fingerprint density at radius 3 is 1.57 bits per heavy atom. The maximum absolute atomic E-state index is 13.4. The molecule has 0 aliphatic rings. The van der Waals surface area contributed by atoms with Gasteiger partial charge in [0, 0.05) is 17.9 Å². The van der Waals surface area contributed by atoms with E-state index in [1.54, 1.807) is 0 Å². The largest absolute Gasteiger partial charge is 0.337 e. The van der Waals surface area contributed by atoms with Gasteiger partial charge in [0.2, 0.25) is 0 Å². The van der Waals surface area contributed by atoms with Crippen molar-refractivity contribution in [2.24, 2.45) is 0 Å². The molecule has 0 unspecified atom stereocenters.